The Labute approximate surface area is 199 Å². The van der Waals surface area contributed by atoms with Crippen LogP contribution in [0.25, 0.3) is 0 Å². The zero-order valence-corrected chi connectivity index (χ0v) is 18.5. The lowest BCUT2D eigenvalue weighted by Gasteiger charge is -2.11. The Hall–Kier alpha value is -4.27. The summed E-state index contributed by atoms with van der Waals surface area (Å²) in [5, 5.41) is 7.05. The third-order valence-corrected chi connectivity index (χ3v) is 4.96. The van der Waals surface area contributed by atoms with Crippen LogP contribution in [0.3, 0.4) is 0 Å². The smallest absolute Gasteiger partial charge is 0.422 e. The number of benzene rings is 3. The number of ether oxygens (including phenoxy) is 2. The maximum absolute atomic E-state index is 12.6. The maximum Gasteiger partial charge on any atom is 0.422 e. The summed E-state index contributed by atoms with van der Waals surface area (Å²) >= 11 is 0. The van der Waals surface area contributed by atoms with E-state index in [1.165, 1.54) is 24.3 Å². The van der Waals surface area contributed by atoms with Crippen molar-refractivity contribution in [2.45, 2.75) is 19.3 Å². The second kappa shape index (κ2) is 10.8. The number of hydrogen-bond donors (Lipinski definition) is 1. The molecule has 6 nitrogen and oxygen atoms in total. The molecule has 4 aromatic rings. The van der Waals surface area contributed by atoms with E-state index >= 15 is 0 Å². The molecule has 0 spiro atoms. The zero-order chi connectivity index (χ0) is 24.7. The molecule has 1 heterocycles. The summed E-state index contributed by atoms with van der Waals surface area (Å²) in [7, 11) is 0. The number of carbonyl (C=O) groups excluding carboxylic acids is 1. The third kappa shape index (κ3) is 7.36. The molecular formula is C26H22F3N3O3. The van der Waals surface area contributed by atoms with Crippen molar-refractivity contribution in [3.63, 3.8) is 0 Å². The summed E-state index contributed by atoms with van der Waals surface area (Å²) < 4.78 is 48.8. The fourth-order valence-corrected chi connectivity index (χ4v) is 3.19. The number of nitrogens with zero attached hydrogens (tertiary/aromatic N) is 2. The molecule has 9 heteroatoms. The van der Waals surface area contributed by atoms with E-state index in [0.717, 1.165) is 11.1 Å². The van der Waals surface area contributed by atoms with Crippen LogP contribution < -0.4 is 14.8 Å². The van der Waals surface area contributed by atoms with Gasteiger partial charge in [0.15, 0.2) is 6.61 Å². The fourth-order valence-electron chi connectivity index (χ4n) is 3.19. The van der Waals surface area contributed by atoms with Gasteiger partial charge in [-0.1, -0.05) is 24.3 Å². The third-order valence-electron chi connectivity index (χ3n) is 4.96. The van der Waals surface area contributed by atoms with Crippen molar-refractivity contribution in [2.75, 3.05) is 11.9 Å². The van der Waals surface area contributed by atoms with Gasteiger partial charge in [-0.05, 0) is 65.7 Å². The molecule has 0 radical (unpaired) electrons. The number of rotatable bonds is 9. The second-order valence-electron chi connectivity index (χ2n) is 7.72. The van der Waals surface area contributed by atoms with Crippen LogP contribution >= 0.6 is 0 Å². The molecule has 0 unspecified atom stereocenters. The molecule has 0 bridgehead atoms. The largest absolute Gasteiger partial charge is 0.489 e. The molecule has 1 aromatic heterocycles. The van der Waals surface area contributed by atoms with Gasteiger partial charge in [-0.25, -0.2) is 0 Å². The van der Waals surface area contributed by atoms with E-state index < -0.39 is 12.8 Å². The van der Waals surface area contributed by atoms with Gasteiger partial charge in [0.25, 0.3) is 5.91 Å². The maximum atomic E-state index is 12.6. The van der Waals surface area contributed by atoms with Crippen LogP contribution in [0.1, 0.15) is 21.5 Å². The summed E-state index contributed by atoms with van der Waals surface area (Å²) in [6.45, 7) is -0.451. The highest BCUT2D eigenvalue weighted by Gasteiger charge is 2.28. The first-order chi connectivity index (χ1) is 16.8. The van der Waals surface area contributed by atoms with Gasteiger partial charge in [0.05, 0.1) is 6.54 Å². The van der Waals surface area contributed by atoms with Crippen molar-refractivity contribution in [3.05, 3.63) is 108 Å². The van der Waals surface area contributed by atoms with E-state index in [-0.39, 0.29) is 18.3 Å². The van der Waals surface area contributed by atoms with E-state index in [2.05, 4.69) is 15.2 Å². The summed E-state index contributed by atoms with van der Waals surface area (Å²) in [6.07, 6.45) is -0.772. The highest BCUT2D eigenvalue weighted by molar-refractivity contribution is 6.04. The van der Waals surface area contributed by atoms with Gasteiger partial charge in [0.1, 0.15) is 18.1 Å². The lowest BCUT2D eigenvalue weighted by Crippen LogP contribution is -2.19. The number of anilines is 1. The monoisotopic (exact) mass is 481 g/mol. The van der Waals surface area contributed by atoms with Crippen LogP contribution in [0.15, 0.2) is 91.3 Å². The van der Waals surface area contributed by atoms with Gasteiger partial charge in [0.2, 0.25) is 0 Å². The minimum atomic E-state index is -4.39. The summed E-state index contributed by atoms with van der Waals surface area (Å²) in [5.74, 6) is 0.367. The van der Waals surface area contributed by atoms with Gasteiger partial charge >= 0.3 is 6.18 Å². The molecule has 180 valence electrons. The van der Waals surface area contributed by atoms with E-state index in [0.29, 0.717) is 23.5 Å². The number of halogens is 3. The van der Waals surface area contributed by atoms with Crippen LogP contribution in [-0.4, -0.2) is 28.5 Å². The fraction of sp³-hybridized carbons (Fsp3) is 0.154. The molecule has 0 aliphatic heterocycles. The Kier molecular flexibility index (Phi) is 7.35. The first-order valence-corrected chi connectivity index (χ1v) is 10.7. The summed E-state index contributed by atoms with van der Waals surface area (Å²) in [4.78, 5) is 12.6. The molecule has 0 atom stereocenters. The Morgan fingerprint density at radius 2 is 1.49 bits per heavy atom. The van der Waals surface area contributed by atoms with E-state index in [1.54, 1.807) is 30.5 Å². The Morgan fingerprint density at radius 1 is 0.857 bits per heavy atom. The molecule has 0 aliphatic carbocycles. The lowest BCUT2D eigenvalue weighted by atomic mass is 10.1. The number of hydrogen-bond acceptors (Lipinski definition) is 4. The molecule has 0 fully saturated rings. The molecule has 4 rings (SSSR count). The van der Waals surface area contributed by atoms with Crippen LogP contribution in [0.2, 0.25) is 0 Å². The van der Waals surface area contributed by atoms with E-state index in [4.69, 9.17) is 4.74 Å². The molecule has 35 heavy (non-hydrogen) atoms. The van der Waals surface area contributed by atoms with Crippen molar-refractivity contribution < 1.29 is 27.4 Å². The predicted octanol–water partition coefficient (Wildman–Crippen LogP) is 5.70. The predicted molar refractivity (Wildman–Crippen MR) is 124 cm³/mol. The van der Waals surface area contributed by atoms with Gasteiger partial charge in [-0.2, -0.15) is 18.3 Å². The van der Waals surface area contributed by atoms with Crippen LogP contribution in [0.5, 0.6) is 11.5 Å². The van der Waals surface area contributed by atoms with Gasteiger partial charge in [-0.3, -0.25) is 9.48 Å². The number of carbonyl (C=O) groups is 1. The van der Waals surface area contributed by atoms with Crippen molar-refractivity contribution in [2.24, 2.45) is 0 Å². The molecule has 3 aromatic carbocycles. The van der Waals surface area contributed by atoms with Crippen LogP contribution in [-0.2, 0) is 13.2 Å². The SMILES string of the molecule is O=C(Nc1ccc(Cn2cccn2)cc1)c1ccc(COc2ccc(OCC(F)(F)F)cc2)cc1. The molecule has 0 aliphatic rings. The molecule has 0 saturated carbocycles. The Bertz CT molecular complexity index is 1220. The van der Waals surface area contributed by atoms with Gasteiger partial charge < -0.3 is 14.8 Å². The van der Waals surface area contributed by atoms with Crippen LogP contribution in [0.4, 0.5) is 18.9 Å². The van der Waals surface area contributed by atoms with Crippen molar-refractivity contribution in [1.29, 1.82) is 0 Å². The van der Waals surface area contributed by atoms with Crippen molar-refractivity contribution >= 4 is 11.6 Å². The normalized spacial score (nSPS) is 11.2. The number of nitrogens with one attached hydrogen (secondary N) is 1. The first kappa shape index (κ1) is 23.9. The van der Waals surface area contributed by atoms with Gasteiger partial charge in [-0.15, -0.1) is 0 Å². The number of alkyl halides is 3. The van der Waals surface area contributed by atoms with E-state index in [1.807, 2.05) is 41.2 Å². The van der Waals surface area contributed by atoms with Crippen molar-refractivity contribution in [1.82, 2.24) is 9.78 Å². The lowest BCUT2D eigenvalue weighted by molar-refractivity contribution is -0.153. The first-order valence-electron chi connectivity index (χ1n) is 10.7. The average Bonchev–Trinajstić information content (AvgIpc) is 3.36. The molecule has 1 amide bonds. The standard InChI is InChI=1S/C26H22F3N3O3/c27-26(28,29)18-35-24-12-10-23(11-13-24)34-17-20-2-6-21(7-3-20)25(33)31-22-8-4-19(5-9-22)16-32-15-1-14-30-32/h1-15H,16-18H2,(H,31,33). The topological polar surface area (TPSA) is 65.4 Å². The highest BCUT2D eigenvalue weighted by atomic mass is 19.4. The van der Waals surface area contributed by atoms with Gasteiger partial charge in [0, 0.05) is 23.6 Å². The minimum absolute atomic E-state index is 0.109. The van der Waals surface area contributed by atoms with E-state index in [9.17, 15) is 18.0 Å². The minimum Gasteiger partial charge on any atom is -0.489 e. The summed E-state index contributed by atoms with van der Waals surface area (Å²) in [5.41, 5.74) is 3.09. The quantitative estimate of drug-likeness (QED) is 0.333. The number of aromatic nitrogens is 2. The van der Waals surface area contributed by atoms with Crippen molar-refractivity contribution in [3.8, 4) is 11.5 Å². The number of amides is 1. The Balaban J connectivity index is 1.25. The molecule has 0 saturated heterocycles. The summed E-state index contributed by atoms with van der Waals surface area (Å²) in [6, 6.07) is 22.3. The second-order valence-corrected chi connectivity index (χ2v) is 7.72. The highest BCUT2D eigenvalue weighted by Crippen LogP contribution is 2.22. The zero-order valence-electron chi connectivity index (χ0n) is 18.5. The Morgan fingerprint density at radius 3 is 2.09 bits per heavy atom. The average molecular weight is 481 g/mol. The molecule has 1 N–H and O–H groups in total. The van der Waals surface area contributed by atoms with Crippen LogP contribution in [0, 0.1) is 0 Å². The molecular weight excluding hydrogens is 459 g/mol.